The van der Waals surface area contributed by atoms with Gasteiger partial charge in [-0.1, -0.05) is 0 Å². The van der Waals surface area contributed by atoms with E-state index in [0.717, 1.165) is 5.56 Å². The van der Waals surface area contributed by atoms with E-state index in [0.29, 0.717) is 24.5 Å². The summed E-state index contributed by atoms with van der Waals surface area (Å²) in [5.41, 5.74) is 7.05. The summed E-state index contributed by atoms with van der Waals surface area (Å²) in [5.74, 6) is -0.311. The average molecular weight is 209 g/mol. The molecule has 0 unspecified atom stereocenters. The lowest BCUT2D eigenvalue weighted by molar-refractivity contribution is 0.0693. The quantitative estimate of drug-likeness (QED) is 0.707. The van der Waals surface area contributed by atoms with Gasteiger partial charge in [-0.25, -0.2) is 4.79 Å². The summed E-state index contributed by atoms with van der Waals surface area (Å²) in [4.78, 5) is 10.9. The first-order valence-corrected chi connectivity index (χ1v) is 4.50. The number of ether oxygens (including phenoxy) is 2. The molecule has 1 aliphatic heterocycles. The average Bonchev–Trinajstić information content (AvgIpc) is 2.65. The van der Waals surface area contributed by atoms with E-state index in [-0.39, 0.29) is 11.3 Å². The normalized spacial score (nSPS) is 13.1. The van der Waals surface area contributed by atoms with Gasteiger partial charge in [0.25, 0.3) is 0 Å². The van der Waals surface area contributed by atoms with Crippen molar-refractivity contribution < 1.29 is 19.4 Å². The minimum atomic E-state index is -1.07. The summed E-state index contributed by atoms with van der Waals surface area (Å²) in [6.45, 7) is 0.533. The fourth-order valence-corrected chi connectivity index (χ4v) is 1.73. The van der Waals surface area contributed by atoms with Gasteiger partial charge in [-0.15, -0.1) is 0 Å². The van der Waals surface area contributed by atoms with Gasteiger partial charge in [0.05, 0.1) is 19.4 Å². The summed E-state index contributed by atoms with van der Waals surface area (Å²) in [6.07, 6.45) is 0.692. The number of carboxylic acids is 1. The number of methoxy groups -OCH3 is 1. The number of hydrogen-bond donors (Lipinski definition) is 2. The number of carboxylic acid groups (broad SMARTS) is 1. The molecule has 3 N–H and O–H groups in total. The molecular formula is C10H11NO4. The fourth-order valence-electron chi connectivity index (χ4n) is 1.73. The largest absolute Gasteiger partial charge is 0.494 e. The summed E-state index contributed by atoms with van der Waals surface area (Å²) in [6, 6.07) is 1.46. The van der Waals surface area contributed by atoms with Gasteiger partial charge < -0.3 is 20.3 Å². The van der Waals surface area contributed by atoms with Crippen LogP contribution in [0.25, 0.3) is 0 Å². The maximum Gasteiger partial charge on any atom is 0.339 e. The number of nitrogen functional groups attached to an aromatic ring is 1. The molecule has 2 rings (SSSR count). The molecule has 80 valence electrons. The van der Waals surface area contributed by atoms with Gasteiger partial charge in [0.15, 0.2) is 5.75 Å². The lowest BCUT2D eigenvalue weighted by Crippen LogP contribution is -2.05. The number of hydrogen-bond acceptors (Lipinski definition) is 4. The van der Waals surface area contributed by atoms with Gasteiger partial charge >= 0.3 is 5.97 Å². The van der Waals surface area contributed by atoms with Crippen LogP contribution in [-0.2, 0) is 6.42 Å². The molecule has 0 radical (unpaired) electrons. The summed E-state index contributed by atoms with van der Waals surface area (Å²) >= 11 is 0. The zero-order valence-corrected chi connectivity index (χ0v) is 8.24. The molecule has 1 heterocycles. The summed E-state index contributed by atoms with van der Waals surface area (Å²) < 4.78 is 10.3. The van der Waals surface area contributed by atoms with Crippen molar-refractivity contribution in [1.29, 1.82) is 0 Å². The molecule has 0 bridgehead atoms. The standard InChI is InChI=1S/C10H11NO4/c1-14-9-6(10(12)13)4-7-5(8(9)11)2-3-15-7/h4H,2-3,11H2,1H3,(H,12,13). The Morgan fingerprint density at radius 3 is 3.00 bits per heavy atom. The van der Waals surface area contributed by atoms with E-state index < -0.39 is 5.97 Å². The number of nitrogens with two attached hydrogens (primary N) is 1. The molecule has 5 heteroatoms. The molecule has 0 atom stereocenters. The highest BCUT2D eigenvalue weighted by molar-refractivity contribution is 5.94. The van der Waals surface area contributed by atoms with Crippen LogP contribution in [0.5, 0.6) is 11.5 Å². The van der Waals surface area contributed by atoms with Crippen LogP contribution < -0.4 is 15.2 Å². The van der Waals surface area contributed by atoms with Gasteiger partial charge in [0.1, 0.15) is 11.3 Å². The minimum absolute atomic E-state index is 0.0376. The smallest absolute Gasteiger partial charge is 0.339 e. The number of benzene rings is 1. The van der Waals surface area contributed by atoms with E-state index in [1.165, 1.54) is 13.2 Å². The van der Waals surface area contributed by atoms with Crippen molar-refractivity contribution in [3.63, 3.8) is 0 Å². The fraction of sp³-hybridized carbons (Fsp3) is 0.300. The summed E-state index contributed by atoms with van der Waals surface area (Å²) in [5, 5.41) is 8.96. The first-order chi connectivity index (χ1) is 7.15. The van der Waals surface area contributed by atoms with Crippen molar-refractivity contribution in [3.05, 3.63) is 17.2 Å². The Morgan fingerprint density at radius 2 is 2.40 bits per heavy atom. The Labute approximate surface area is 86.4 Å². The number of rotatable bonds is 2. The van der Waals surface area contributed by atoms with Gasteiger partial charge in [-0.05, 0) is 6.07 Å². The van der Waals surface area contributed by atoms with Gasteiger partial charge in [0, 0.05) is 12.0 Å². The number of aromatic carboxylic acids is 1. The first kappa shape index (κ1) is 9.64. The van der Waals surface area contributed by atoms with Gasteiger partial charge in [-0.2, -0.15) is 0 Å². The van der Waals surface area contributed by atoms with Crippen LogP contribution in [0.3, 0.4) is 0 Å². The van der Waals surface area contributed by atoms with E-state index >= 15 is 0 Å². The van der Waals surface area contributed by atoms with E-state index in [2.05, 4.69) is 0 Å². The molecule has 0 aliphatic carbocycles. The molecule has 0 saturated heterocycles. The number of anilines is 1. The molecule has 1 aromatic rings. The summed E-state index contributed by atoms with van der Waals surface area (Å²) in [7, 11) is 1.40. The molecule has 0 amide bonds. The SMILES string of the molecule is COc1c(C(=O)O)cc2c(c1N)CCO2. The molecule has 1 aromatic carbocycles. The Morgan fingerprint density at radius 1 is 1.67 bits per heavy atom. The van der Waals surface area contributed by atoms with E-state index in [4.69, 9.17) is 20.3 Å². The maximum atomic E-state index is 10.9. The minimum Gasteiger partial charge on any atom is -0.494 e. The monoisotopic (exact) mass is 209 g/mol. The van der Waals surface area contributed by atoms with Crippen LogP contribution in [0.1, 0.15) is 15.9 Å². The Balaban J connectivity index is 2.66. The lowest BCUT2D eigenvalue weighted by Gasteiger charge is -2.11. The van der Waals surface area contributed by atoms with Gasteiger partial charge in [0.2, 0.25) is 0 Å². The van der Waals surface area contributed by atoms with Crippen molar-refractivity contribution in [2.75, 3.05) is 19.5 Å². The third-order valence-corrected chi connectivity index (χ3v) is 2.43. The predicted octanol–water partition coefficient (Wildman–Crippen LogP) is 0.911. The van der Waals surface area contributed by atoms with Crippen LogP contribution in [0.2, 0.25) is 0 Å². The highest BCUT2D eigenvalue weighted by Gasteiger charge is 2.24. The van der Waals surface area contributed by atoms with Crippen molar-refractivity contribution in [1.82, 2.24) is 0 Å². The van der Waals surface area contributed by atoms with Gasteiger partial charge in [-0.3, -0.25) is 0 Å². The zero-order chi connectivity index (χ0) is 11.0. The van der Waals surface area contributed by atoms with Crippen molar-refractivity contribution in [3.8, 4) is 11.5 Å². The molecule has 0 fully saturated rings. The third-order valence-electron chi connectivity index (χ3n) is 2.43. The Hall–Kier alpha value is -1.91. The lowest BCUT2D eigenvalue weighted by atomic mass is 10.1. The first-order valence-electron chi connectivity index (χ1n) is 4.50. The molecule has 5 nitrogen and oxygen atoms in total. The second-order valence-corrected chi connectivity index (χ2v) is 3.25. The second-order valence-electron chi connectivity index (χ2n) is 3.25. The molecule has 0 aromatic heterocycles. The molecule has 15 heavy (non-hydrogen) atoms. The zero-order valence-electron chi connectivity index (χ0n) is 8.24. The number of fused-ring (bicyclic) bond motifs is 1. The van der Waals surface area contributed by atoms with Crippen LogP contribution in [0.15, 0.2) is 6.07 Å². The molecular weight excluding hydrogens is 198 g/mol. The Bertz CT molecular complexity index is 428. The van der Waals surface area contributed by atoms with Crippen LogP contribution in [0, 0.1) is 0 Å². The molecule has 0 spiro atoms. The number of carbonyl (C=O) groups is 1. The van der Waals surface area contributed by atoms with E-state index in [1.54, 1.807) is 0 Å². The topological polar surface area (TPSA) is 81.8 Å². The van der Waals surface area contributed by atoms with Crippen molar-refractivity contribution in [2.24, 2.45) is 0 Å². The highest BCUT2D eigenvalue weighted by atomic mass is 16.5. The predicted molar refractivity (Wildman–Crippen MR) is 53.6 cm³/mol. The third kappa shape index (κ3) is 1.36. The van der Waals surface area contributed by atoms with E-state index in [9.17, 15) is 4.79 Å². The van der Waals surface area contributed by atoms with Crippen LogP contribution >= 0.6 is 0 Å². The highest BCUT2D eigenvalue weighted by Crippen LogP contribution is 2.39. The van der Waals surface area contributed by atoms with Crippen molar-refractivity contribution in [2.45, 2.75) is 6.42 Å². The van der Waals surface area contributed by atoms with E-state index in [1.807, 2.05) is 0 Å². The second kappa shape index (κ2) is 3.34. The Kier molecular flexibility index (Phi) is 2.15. The van der Waals surface area contributed by atoms with Crippen molar-refractivity contribution >= 4 is 11.7 Å². The van der Waals surface area contributed by atoms with Crippen LogP contribution in [0.4, 0.5) is 5.69 Å². The molecule has 1 aliphatic rings. The van der Waals surface area contributed by atoms with Crippen LogP contribution in [-0.4, -0.2) is 24.8 Å². The maximum absolute atomic E-state index is 10.9. The molecule has 0 saturated carbocycles.